The standard InChI is InChI=1S/C31H36O7/c1-4-7-22-8-10-23(11-9-22)24-12-18-27(19-13-24)38-31(34)25-14-16-26(17-15-25)35-20-28(37-30(33)6-3)21-36-29(32)5-2/h5-6,12-19,22-23,28H,2-4,7-11,20-21H2,1H3. The Labute approximate surface area is 224 Å². The normalized spacial score (nSPS) is 17.5. The van der Waals surface area contributed by atoms with Gasteiger partial charge in [0.2, 0.25) is 0 Å². The average Bonchev–Trinajstić information content (AvgIpc) is 2.95. The molecule has 1 aliphatic carbocycles. The summed E-state index contributed by atoms with van der Waals surface area (Å²) < 4.78 is 21.3. The number of esters is 3. The van der Waals surface area contributed by atoms with E-state index in [1.165, 1.54) is 44.1 Å². The molecule has 0 spiro atoms. The number of carbonyl (C=O) groups is 3. The van der Waals surface area contributed by atoms with Crippen LogP contribution in [0.15, 0.2) is 73.8 Å². The molecule has 0 saturated heterocycles. The summed E-state index contributed by atoms with van der Waals surface area (Å²) in [5, 5.41) is 0. The molecule has 0 amide bonds. The Bertz CT molecular complexity index is 1080. The summed E-state index contributed by atoms with van der Waals surface area (Å²) in [6, 6.07) is 14.2. The molecule has 202 valence electrons. The molecule has 1 atom stereocenters. The van der Waals surface area contributed by atoms with E-state index in [4.69, 9.17) is 18.9 Å². The van der Waals surface area contributed by atoms with Crippen LogP contribution in [-0.2, 0) is 19.1 Å². The maximum absolute atomic E-state index is 12.6. The van der Waals surface area contributed by atoms with Crippen molar-refractivity contribution in [1.82, 2.24) is 0 Å². The molecule has 7 heteroatoms. The van der Waals surface area contributed by atoms with Crippen molar-refractivity contribution in [3.8, 4) is 11.5 Å². The predicted molar refractivity (Wildman–Crippen MR) is 144 cm³/mol. The lowest BCUT2D eigenvalue weighted by atomic mass is 9.77. The number of rotatable bonds is 13. The minimum Gasteiger partial charge on any atom is -0.490 e. The minimum atomic E-state index is -0.844. The molecule has 2 aromatic carbocycles. The first-order valence-electron chi connectivity index (χ1n) is 13.1. The summed E-state index contributed by atoms with van der Waals surface area (Å²) in [6.45, 7) is 8.65. The van der Waals surface area contributed by atoms with Crippen molar-refractivity contribution in [2.75, 3.05) is 13.2 Å². The highest BCUT2D eigenvalue weighted by atomic mass is 16.6. The molecule has 0 N–H and O–H groups in total. The molecule has 1 fully saturated rings. The predicted octanol–water partition coefficient (Wildman–Crippen LogP) is 6.19. The number of hydrogen-bond donors (Lipinski definition) is 0. The van der Waals surface area contributed by atoms with Crippen molar-refractivity contribution in [2.45, 2.75) is 57.5 Å². The summed E-state index contributed by atoms with van der Waals surface area (Å²) in [6.07, 6.45) is 8.78. The van der Waals surface area contributed by atoms with E-state index < -0.39 is 24.0 Å². The monoisotopic (exact) mass is 520 g/mol. The second kappa shape index (κ2) is 14.8. The van der Waals surface area contributed by atoms with Gasteiger partial charge in [0, 0.05) is 12.2 Å². The lowest BCUT2D eigenvalue weighted by Crippen LogP contribution is -2.30. The second-order valence-electron chi connectivity index (χ2n) is 9.40. The SMILES string of the molecule is C=CC(=O)OCC(COc1ccc(C(=O)Oc2ccc(C3CCC(CCC)CC3)cc2)cc1)OC(=O)C=C. The van der Waals surface area contributed by atoms with Crippen LogP contribution in [0, 0.1) is 5.92 Å². The molecule has 0 radical (unpaired) electrons. The quantitative estimate of drug-likeness (QED) is 0.177. The van der Waals surface area contributed by atoms with Gasteiger partial charge in [0.25, 0.3) is 0 Å². The molecule has 0 heterocycles. The molecule has 3 rings (SSSR count). The average molecular weight is 521 g/mol. The third kappa shape index (κ3) is 8.91. The van der Waals surface area contributed by atoms with E-state index in [1.807, 2.05) is 12.1 Å². The molecular weight excluding hydrogens is 484 g/mol. The first-order valence-corrected chi connectivity index (χ1v) is 13.1. The molecule has 1 aliphatic rings. The molecule has 1 saturated carbocycles. The largest absolute Gasteiger partial charge is 0.490 e. The van der Waals surface area contributed by atoms with Gasteiger partial charge < -0.3 is 18.9 Å². The maximum Gasteiger partial charge on any atom is 0.343 e. The van der Waals surface area contributed by atoms with Crippen LogP contribution in [0.25, 0.3) is 0 Å². The van der Waals surface area contributed by atoms with Gasteiger partial charge >= 0.3 is 17.9 Å². The zero-order valence-corrected chi connectivity index (χ0v) is 21.9. The van der Waals surface area contributed by atoms with Gasteiger partial charge in [-0.1, -0.05) is 45.1 Å². The summed E-state index contributed by atoms with van der Waals surface area (Å²) in [5.74, 6) is 0.601. The highest BCUT2D eigenvalue weighted by molar-refractivity contribution is 5.91. The lowest BCUT2D eigenvalue weighted by molar-refractivity contribution is -0.154. The summed E-state index contributed by atoms with van der Waals surface area (Å²) in [5.41, 5.74) is 1.67. The van der Waals surface area contributed by atoms with Crippen molar-refractivity contribution in [3.05, 3.63) is 85.0 Å². The van der Waals surface area contributed by atoms with Crippen LogP contribution in [0.5, 0.6) is 11.5 Å². The van der Waals surface area contributed by atoms with E-state index in [-0.39, 0.29) is 13.2 Å². The Balaban J connectivity index is 1.50. The summed E-state index contributed by atoms with van der Waals surface area (Å²) in [7, 11) is 0. The fourth-order valence-electron chi connectivity index (χ4n) is 4.61. The number of carbonyl (C=O) groups excluding carboxylic acids is 3. The zero-order chi connectivity index (χ0) is 27.3. The second-order valence-corrected chi connectivity index (χ2v) is 9.40. The highest BCUT2D eigenvalue weighted by Gasteiger charge is 2.22. The van der Waals surface area contributed by atoms with Crippen LogP contribution >= 0.6 is 0 Å². The Morgan fingerprint density at radius 1 is 0.868 bits per heavy atom. The van der Waals surface area contributed by atoms with E-state index in [9.17, 15) is 14.4 Å². The highest BCUT2D eigenvalue weighted by Crippen LogP contribution is 2.37. The topological polar surface area (TPSA) is 88.1 Å². The van der Waals surface area contributed by atoms with E-state index in [2.05, 4.69) is 32.2 Å². The molecule has 7 nitrogen and oxygen atoms in total. The van der Waals surface area contributed by atoms with Crippen LogP contribution in [-0.4, -0.2) is 37.2 Å². The van der Waals surface area contributed by atoms with Crippen molar-refractivity contribution in [3.63, 3.8) is 0 Å². The van der Waals surface area contributed by atoms with Crippen LogP contribution in [0.3, 0.4) is 0 Å². The Kier molecular flexibility index (Phi) is 11.1. The van der Waals surface area contributed by atoms with Crippen LogP contribution in [0.1, 0.15) is 67.3 Å². The number of benzene rings is 2. The van der Waals surface area contributed by atoms with E-state index in [0.29, 0.717) is 23.0 Å². The molecule has 0 bridgehead atoms. The maximum atomic E-state index is 12.6. The number of hydrogen-bond acceptors (Lipinski definition) is 7. The van der Waals surface area contributed by atoms with Gasteiger partial charge in [-0.05, 0) is 79.5 Å². The van der Waals surface area contributed by atoms with Gasteiger partial charge in [0.05, 0.1) is 5.56 Å². The van der Waals surface area contributed by atoms with Crippen molar-refractivity contribution in [2.24, 2.45) is 5.92 Å². The van der Waals surface area contributed by atoms with Gasteiger partial charge in [-0.2, -0.15) is 0 Å². The number of ether oxygens (including phenoxy) is 4. The Morgan fingerprint density at radius 2 is 1.50 bits per heavy atom. The first kappa shape index (κ1) is 28.7. The van der Waals surface area contributed by atoms with Gasteiger partial charge in [-0.25, -0.2) is 14.4 Å². The molecule has 0 aliphatic heterocycles. The summed E-state index contributed by atoms with van der Waals surface area (Å²) in [4.78, 5) is 35.5. The third-order valence-corrected chi connectivity index (χ3v) is 6.66. The van der Waals surface area contributed by atoms with Gasteiger partial charge in [0.1, 0.15) is 24.7 Å². The van der Waals surface area contributed by atoms with E-state index >= 15 is 0 Å². The zero-order valence-electron chi connectivity index (χ0n) is 21.9. The van der Waals surface area contributed by atoms with Crippen molar-refractivity contribution in [1.29, 1.82) is 0 Å². The Morgan fingerprint density at radius 3 is 2.11 bits per heavy atom. The lowest BCUT2D eigenvalue weighted by Gasteiger charge is -2.28. The molecule has 2 aromatic rings. The van der Waals surface area contributed by atoms with Gasteiger partial charge in [-0.15, -0.1) is 0 Å². The van der Waals surface area contributed by atoms with Gasteiger partial charge in [-0.3, -0.25) is 0 Å². The van der Waals surface area contributed by atoms with Crippen molar-refractivity contribution < 1.29 is 33.3 Å². The van der Waals surface area contributed by atoms with Crippen LogP contribution < -0.4 is 9.47 Å². The summed E-state index contributed by atoms with van der Waals surface area (Å²) >= 11 is 0. The molecule has 1 unspecified atom stereocenters. The van der Waals surface area contributed by atoms with E-state index in [1.54, 1.807) is 24.3 Å². The molecule has 0 aromatic heterocycles. The van der Waals surface area contributed by atoms with Crippen LogP contribution in [0.2, 0.25) is 0 Å². The van der Waals surface area contributed by atoms with E-state index in [0.717, 1.165) is 18.1 Å². The van der Waals surface area contributed by atoms with Crippen LogP contribution in [0.4, 0.5) is 0 Å². The fraction of sp³-hybridized carbons (Fsp3) is 0.387. The van der Waals surface area contributed by atoms with Gasteiger partial charge in [0.15, 0.2) is 6.10 Å². The van der Waals surface area contributed by atoms with Crippen molar-refractivity contribution >= 4 is 17.9 Å². The smallest absolute Gasteiger partial charge is 0.343 e. The third-order valence-electron chi connectivity index (χ3n) is 6.66. The minimum absolute atomic E-state index is 0.0690. The molecular formula is C31H36O7. The Hall–Kier alpha value is -3.87. The molecule has 38 heavy (non-hydrogen) atoms. The fourth-order valence-corrected chi connectivity index (χ4v) is 4.61. The first-order chi connectivity index (χ1) is 18.4.